The maximum atomic E-state index is 5.82. The van der Waals surface area contributed by atoms with E-state index in [0.29, 0.717) is 11.4 Å². The molecule has 3 aromatic rings. The molecule has 2 aromatic carbocycles. The molecule has 0 saturated heterocycles. The lowest BCUT2D eigenvalue weighted by atomic mass is 10.2. The van der Waals surface area contributed by atoms with Crippen LogP contribution < -0.4 is 11.5 Å². The highest BCUT2D eigenvalue weighted by Crippen LogP contribution is 2.33. The first-order valence-electron chi connectivity index (χ1n) is 5.66. The maximum Gasteiger partial charge on any atom is 0.124 e. The summed E-state index contributed by atoms with van der Waals surface area (Å²) in [7, 11) is 0. The number of hydrogen-bond acceptors (Lipinski definition) is 4. The van der Waals surface area contributed by atoms with Gasteiger partial charge in [-0.15, -0.1) is 11.3 Å². The molecular formula is C14H13N3S. The van der Waals surface area contributed by atoms with Gasteiger partial charge in [0.1, 0.15) is 5.01 Å². The third kappa shape index (κ3) is 1.80. The van der Waals surface area contributed by atoms with Gasteiger partial charge in [-0.3, -0.25) is 0 Å². The summed E-state index contributed by atoms with van der Waals surface area (Å²) in [4.78, 5) is 4.67. The third-order valence-corrected chi connectivity index (χ3v) is 3.92. The summed E-state index contributed by atoms with van der Waals surface area (Å²) in [6.45, 7) is 2.07. The molecule has 0 aliphatic carbocycles. The summed E-state index contributed by atoms with van der Waals surface area (Å²) < 4.78 is 1.19. The first kappa shape index (κ1) is 11.0. The first-order chi connectivity index (χ1) is 8.63. The van der Waals surface area contributed by atoms with Gasteiger partial charge in [-0.05, 0) is 36.8 Å². The predicted molar refractivity (Wildman–Crippen MR) is 78.6 cm³/mol. The molecule has 4 N–H and O–H groups in total. The number of hydrogen-bond donors (Lipinski definition) is 2. The summed E-state index contributed by atoms with van der Waals surface area (Å²) in [5.74, 6) is 0. The van der Waals surface area contributed by atoms with Crippen LogP contribution in [0.4, 0.5) is 11.4 Å². The largest absolute Gasteiger partial charge is 0.399 e. The van der Waals surface area contributed by atoms with Crippen LogP contribution in [-0.4, -0.2) is 4.98 Å². The van der Waals surface area contributed by atoms with E-state index in [4.69, 9.17) is 11.5 Å². The van der Waals surface area contributed by atoms with Crippen molar-refractivity contribution in [1.82, 2.24) is 4.98 Å². The number of thiazole rings is 1. The van der Waals surface area contributed by atoms with Crippen molar-refractivity contribution in [2.24, 2.45) is 0 Å². The topological polar surface area (TPSA) is 64.9 Å². The lowest BCUT2D eigenvalue weighted by molar-refractivity contribution is 1.42. The molecule has 4 heteroatoms. The Labute approximate surface area is 109 Å². The molecule has 0 radical (unpaired) electrons. The van der Waals surface area contributed by atoms with Crippen molar-refractivity contribution in [3.8, 4) is 10.6 Å². The zero-order valence-electron chi connectivity index (χ0n) is 9.97. The summed E-state index contributed by atoms with van der Waals surface area (Å²) in [6.07, 6.45) is 0. The Balaban J connectivity index is 2.22. The SMILES string of the molecule is Cc1cccc2sc(-c3cc(N)cc(N)c3)nc12. The summed E-state index contributed by atoms with van der Waals surface area (Å²) >= 11 is 1.66. The van der Waals surface area contributed by atoms with Gasteiger partial charge in [0.25, 0.3) is 0 Å². The molecule has 18 heavy (non-hydrogen) atoms. The summed E-state index contributed by atoms with van der Waals surface area (Å²) in [5.41, 5.74) is 16.2. The van der Waals surface area contributed by atoms with Crippen LogP contribution in [0.2, 0.25) is 0 Å². The minimum atomic E-state index is 0.668. The van der Waals surface area contributed by atoms with Crippen molar-refractivity contribution >= 4 is 32.9 Å². The van der Waals surface area contributed by atoms with Crippen molar-refractivity contribution in [3.05, 3.63) is 42.0 Å². The standard InChI is InChI=1S/C14H13N3S/c1-8-3-2-4-12-13(8)17-14(18-12)9-5-10(15)7-11(16)6-9/h2-7H,15-16H2,1H3. The van der Waals surface area contributed by atoms with E-state index in [9.17, 15) is 0 Å². The highest BCUT2D eigenvalue weighted by Gasteiger charge is 2.08. The number of fused-ring (bicyclic) bond motifs is 1. The van der Waals surface area contributed by atoms with Crippen LogP contribution in [0.25, 0.3) is 20.8 Å². The van der Waals surface area contributed by atoms with Gasteiger partial charge in [0.15, 0.2) is 0 Å². The molecule has 0 bridgehead atoms. The fourth-order valence-electron chi connectivity index (χ4n) is 2.01. The van der Waals surface area contributed by atoms with E-state index >= 15 is 0 Å². The van der Waals surface area contributed by atoms with Gasteiger partial charge in [-0.25, -0.2) is 4.98 Å². The van der Waals surface area contributed by atoms with E-state index in [0.717, 1.165) is 16.1 Å². The van der Waals surface area contributed by atoms with Gasteiger partial charge in [-0.2, -0.15) is 0 Å². The lowest BCUT2D eigenvalue weighted by Crippen LogP contribution is -1.91. The van der Waals surface area contributed by atoms with Crippen LogP contribution in [0, 0.1) is 6.92 Å². The van der Waals surface area contributed by atoms with E-state index in [1.807, 2.05) is 18.2 Å². The second-order valence-corrected chi connectivity index (χ2v) is 5.36. The molecule has 1 aromatic heterocycles. The van der Waals surface area contributed by atoms with Gasteiger partial charge in [0.2, 0.25) is 0 Å². The average Bonchev–Trinajstić information content (AvgIpc) is 2.73. The van der Waals surface area contributed by atoms with E-state index < -0.39 is 0 Å². The zero-order valence-corrected chi connectivity index (χ0v) is 10.8. The van der Waals surface area contributed by atoms with E-state index in [1.165, 1.54) is 10.3 Å². The van der Waals surface area contributed by atoms with Crippen LogP contribution in [0.5, 0.6) is 0 Å². The Hall–Kier alpha value is -2.07. The van der Waals surface area contributed by atoms with Crippen molar-refractivity contribution in [2.75, 3.05) is 11.5 Å². The average molecular weight is 255 g/mol. The van der Waals surface area contributed by atoms with Crippen LogP contribution in [-0.2, 0) is 0 Å². The van der Waals surface area contributed by atoms with Gasteiger partial charge in [0.05, 0.1) is 10.2 Å². The highest BCUT2D eigenvalue weighted by atomic mass is 32.1. The Morgan fingerprint density at radius 3 is 2.44 bits per heavy atom. The summed E-state index contributed by atoms with van der Waals surface area (Å²) in [5, 5.41) is 0.957. The number of aromatic nitrogens is 1. The van der Waals surface area contributed by atoms with Gasteiger partial charge >= 0.3 is 0 Å². The second-order valence-electron chi connectivity index (χ2n) is 4.33. The Bertz CT molecular complexity index is 711. The molecule has 0 unspecified atom stereocenters. The van der Waals surface area contributed by atoms with Gasteiger partial charge in [-0.1, -0.05) is 12.1 Å². The maximum absolute atomic E-state index is 5.82. The molecule has 0 fully saturated rings. The molecule has 0 atom stereocenters. The number of nitrogens with zero attached hydrogens (tertiary/aromatic N) is 1. The smallest absolute Gasteiger partial charge is 0.124 e. The van der Waals surface area contributed by atoms with Crippen molar-refractivity contribution < 1.29 is 0 Å². The van der Waals surface area contributed by atoms with E-state index in [1.54, 1.807) is 17.4 Å². The predicted octanol–water partition coefficient (Wildman–Crippen LogP) is 3.44. The number of rotatable bonds is 1. The van der Waals surface area contributed by atoms with Gasteiger partial charge in [0, 0.05) is 16.9 Å². The number of anilines is 2. The van der Waals surface area contributed by atoms with Crippen LogP contribution in [0.15, 0.2) is 36.4 Å². The normalized spacial score (nSPS) is 10.9. The number of aryl methyl sites for hydroxylation is 1. The molecule has 3 rings (SSSR count). The first-order valence-corrected chi connectivity index (χ1v) is 6.48. The quantitative estimate of drug-likeness (QED) is 0.655. The minimum Gasteiger partial charge on any atom is -0.399 e. The molecular weight excluding hydrogens is 242 g/mol. The number of para-hydroxylation sites is 1. The highest BCUT2D eigenvalue weighted by molar-refractivity contribution is 7.21. The molecule has 3 nitrogen and oxygen atoms in total. The van der Waals surface area contributed by atoms with E-state index in [-0.39, 0.29) is 0 Å². The number of benzene rings is 2. The Kier molecular flexibility index (Phi) is 2.45. The third-order valence-electron chi connectivity index (χ3n) is 2.85. The Morgan fingerprint density at radius 2 is 1.78 bits per heavy atom. The molecule has 0 aliphatic heterocycles. The van der Waals surface area contributed by atoms with Gasteiger partial charge < -0.3 is 11.5 Å². The lowest BCUT2D eigenvalue weighted by Gasteiger charge is -2.00. The monoisotopic (exact) mass is 255 g/mol. The Morgan fingerprint density at radius 1 is 1.06 bits per heavy atom. The van der Waals surface area contributed by atoms with Crippen molar-refractivity contribution in [3.63, 3.8) is 0 Å². The molecule has 0 aliphatic rings. The number of nitrogen functional groups attached to an aromatic ring is 2. The molecule has 1 heterocycles. The molecule has 0 spiro atoms. The summed E-state index contributed by atoms with van der Waals surface area (Å²) in [6, 6.07) is 11.8. The molecule has 90 valence electrons. The van der Waals surface area contributed by atoms with Crippen LogP contribution in [0.3, 0.4) is 0 Å². The fraction of sp³-hybridized carbons (Fsp3) is 0.0714. The number of nitrogens with two attached hydrogens (primary N) is 2. The van der Waals surface area contributed by atoms with Crippen LogP contribution >= 0.6 is 11.3 Å². The van der Waals surface area contributed by atoms with Crippen molar-refractivity contribution in [2.45, 2.75) is 6.92 Å². The van der Waals surface area contributed by atoms with Crippen LogP contribution in [0.1, 0.15) is 5.56 Å². The molecule has 0 saturated carbocycles. The molecule has 0 amide bonds. The minimum absolute atomic E-state index is 0.668. The second kappa shape index (κ2) is 3.99. The zero-order chi connectivity index (χ0) is 12.7. The van der Waals surface area contributed by atoms with E-state index in [2.05, 4.69) is 24.0 Å². The fourth-order valence-corrected chi connectivity index (χ4v) is 3.04. The van der Waals surface area contributed by atoms with Crippen molar-refractivity contribution in [1.29, 1.82) is 0 Å².